The van der Waals surface area contributed by atoms with Crippen LogP contribution in [0.4, 0.5) is 0 Å². The molecule has 1 aliphatic carbocycles. The Hall–Kier alpha value is -2.50. The van der Waals surface area contributed by atoms with Crippen molar-refractivity contribution >= 4 is 27.5 Å². The molecule has 1 fully saturated rings. The van der Waals surface area contributed by atoms with Crippen molar-refractivity contribution in [3.8, 4) is 0 Å². The fraction of sp³-hybridized carbons (Fsp3) is 0.360. The molecule has 5 rings (SSSR count). The van der Waals surface area contributed by atoms with Gasteiger partial charge in [0.25, 0.3) is 0 Å². The predicted molar refractivity (Wildman–Crippen MR) is 123 cm³/mol. The molecule has 1 amide bonds. The number of aromatic nitrogens is 1. The Morgan fingerprint density at radius 1 is 0.933 bits per heavy atom. The maximum atomic E-state index is 13.5. The molecule has 0 saturated carbocycles. The molecule has 1 aromatic heterocycles. The fourth-order valence-corrected chi connectivity index (χ4v) is 5.76. The molecule has 4 nitrogen and oxygen atoms in total. The number of para-hydroxylation sites is 1. The molecule has 2 heterocycles. The van der Waals surface area contributed by atoms with E-state index in [1.165, 1.54) is 10.3 Å². The summed E-state index contributed by atoms with van der Waals surface area (Å²) in [7, 11) is 0. The number of nitrogens with zero attached hydrogens (tertiary/aromatic N) is 3. The van der Waals surface area contributed by atoms with Gasteiger partial charge in [-0.1, -0.05) is 54.6 Å². The van der Waals surface area contributed by atoms with E-state index in [4.69, 9.17) is 4.98 Å². The Morgan fingerprint density at radius 2 is 1.67 bits per heavy atom. The molecule has 2 atom stereocenters. The molecule has 30 heavy (non-hydrogen) atoms. The van der Waals surface area contributed by atoms with E-state index in [-0.39, 0.29) is 11.8 Å². The van der Waals surface area contributed by atoms with Crippen molar-refractivity contribution in [2.75, 3.05) is 26.2 Å². The van der Waals surface area contributed by atoms with Gasteiger partial charge in [0.15, 0.2) is 0 Å². The molecule has 154 valence electrons. The van der Waals surface area contributed by atoms with Crippen LogP contribution in [0.25, 0.3) is 10.2 Å². The SMILES string of the molecule is O=C([C@@H]1CC=CC[C@H]1c1nc2ccccc2s1)N1CCN(Cc2ccccc2)CC1. The molecule has 0 bridgehead atoms. The third-order valence-electron chi connectivity index (χ3n) is 6.31. The first kappa shape index (κ1) is 19.5. The van der Waals surface area contributed by atoms with Crippen molar-refractivity contribution in [3.05, 3.63) is 77.3 Å². The fourth-order valence-electron chi connectivity index (χ4n) is 4.61. The summed E-state index contributed by atoms with van der Waals surface area (Å²) < 4.78 is 1.21. The molecular formula is C25H27N3OS. The third kappa shape index (κ3) is 4.05. The smallest absolute Gasteiger partial charge is 0.226 e. The van der Waals surface area contributed by atoms with Crippen LogP contribution in [-0.4, -0.2) is 46.9 Å². The van der Waals surface area contributed by atoms with Gasteiger partial charge in [0.1, 0.15) is 0 Å². The highest BCUT2D eigenvalue weighted by Gasteiger charge is 2.35. The Kier molecular flexibility index (Phi) is 5.65. The molecule has 3 aromatic rings. The number of thiazole rings is 1. The van der Waals surface area contributed by atoms with E-state index in [1.54, 1.807) is 11.3 Å². The summed E-state index contributed by atoms with van der Waals surface area (Å²) in [5, 5.41) is 1.11. The largest absolute Gasteiger partial charge is 0.340 e. The van der Waals surface area contributed by atoms with E-state index in [2.05, 4.69) is 70.5 Å². The Morgan fingerprint density at radius 3 is 2.47 bits per heavy atom. The van der Waals surface area contributed by atoms with Crippen molar-refractivity contribution in [3.63, 3.8) is 0 Å². The average Bonchev–Trinajstić information content (AvgIpc) is 3.24. The van der Waals surface area contributed by atoms with Gasteiger partial charge in [-0.15, -0.1) is 11.3 Å². The molecule has 1 aliphatic heterocycles. The summed E-state index contributed by atoms with van der Waals surface area (Å²) in [6, 6.07) is 18.9. The predicted octanol–water partition coefficient (Wildman–Crippen LogP) is 4.69. The Bertz CT molecular complexity index is 1000. The minimum absolute atomic E-state index is 0.0104. The summed E-state index contributed by atoms with van der Waals surface area (Å²) >= 11 is 1.75. The van der Waals surface area contributed by atoms with E-state index in [0.717, 1.165) is 56.1 Å². The molecule has 2 aliphatic rings. The number of piperazine rings is 1. The minimum atomic E-state index is 0.0104. The maximum absolute atomic E-state index is 13.5. The van der Waals surface area contributed by atoms with Crippen LogP contribution >= 0.6 is 11.3 Å². The first-order chi connectivity index (χ1) is 14.8. The maximum Gasteiger partial charge on any atom is 0.226 e. The summed E-state index contributed by atoms with van der Waals surface area (Å²) in [6.45, 7) is 4.48. The first-order valence-corrected chi connectivity index (χ1v) is 11.6. The molecule has 2 aromatic carbocycles. The van der Waals surface area contributed by atoms with Gasteiger partial charge in [0.2, 0.25) is 5.91 Å². The molecule has 0 spiro atoms. The molecule has 0 radical (unpaired) electrons. The zero-order valence-corrected chi connectivity index (χ0v) is 17.9. The summed E-state index contributed by atoms with van der Waals surface area (Å²) in [5.74, 6) is 0.515. The number of hydrogen-bond donors (Lipinski definition) is 0. The number of carbonyl (C=O) groups is 1. The third-order valence-corrected chi connectivity index (χ3v) is 7.48. The lowest BCUT2D eigenvalue weighted by Gasteiger charge is -2.38. The van der Waals surface area contributed by atoms with Gasteiger partial charge in [-0.25, -0.2) is 4.98 Å². The van der Waals surface area contributed by atoms with Crippen LogP contribution in [0.3, 0.4) is 0 Å². The van der Waals surface area contributed by atoms with Crippen LogP contribution < -0.4 is 0 Å². The molecule has 0 N–H and O–H groups in total. The molecule has 1 saturated heterocycles. The Labute approximate surface area is 181 Å². The highest BCUT2D eigenvalue weighted by molar-refractivity contribution is 7.18. The van der Waals surface area contributed by atoms with Gasteiger partial charge in [0.05, 0.1) is 21.1 Å². The highest BCUT2D eigenvalue weighted by atomic mass is 32.1. The monoisotopic (exact) mass is 417 g/mol. The van der Waals surface area contributed by atoms with E-state index in [9.17, 15) is 4.79 Å². The van der Waals surface area contributed by atoms with Crippen LogP contribution in [0, 0.1) is 5.92 Å². The number of benzene rings is 2. The van der Waals surface area contributed by atoms with Crippen molar-refractivity contribution in [1.82, 2.24) is 14.8 Å². The zero-order valence-electron chi connectivity index (χ0n) is 17.1. The van der Waals surface area contributed by atoms with Crippen LogP contribution in [0.1, 0.15) is 29.3 Å². The van der Waals surface area contributed by atoms with Crippen LogP contribution in [0.15, 0.2) is 66.7 Å². The van der Waals surface area contributed by atoms with Crippen LogP contribution in [-0.2, 0) is 11.3 Å². The van der Waals surface area contributed by atoms with Gasteiger partial charge >= 0.3 is 0 Å². The molecule has 5 heteroatoms. The molecular weight excluding hydrogens is 390 g/mol. The van der Waals surface area contributed by atoms with Crippen molar-refractivity contribution in [2.24, 2.45) is 5.92 Å². The standard InChI is InChI=1S/C25H27N3OS/c29-25(28-16-14-27(15-17-28)18-19-8-2-1-3-9-19)21-11-5-4-10-20(21)24-26-22-12-6-7-13-23(22)30-24/h1-9,12-13,20-21H,10-11,14-18H2/t20-,21-/m1/s1. The minimum Gasteiger partial charge on any atom is -0.340 e. The lowest BCUT2D eigenvalue weighted by molar-refractivity contribution is -0.138. The van der Waals surface area contributed by atoms with E-state index < -0.39 is 0 Å². The highest BCUT2D eigenvalue weighted by Crippen LogP contribution is 2.39. The van der Waals surface area contributed by atoms with Gasteiger partial charge in [-0.3, -0.25) is 9.69 Å². The van der Waals surface area contributed by atoms with Crippen molar-refractivity contribution in [2.45, 2.75) is 25.3 Å². The summed E-state index contributed by atoms with van der Waals surface area (Å²) in [6.07, 6.45) is 6.13. The normalized spacial score (nSPS) is 22.5. The number of carbonyl (C=O) groups excluding carboxylic acids is 1. The number of amides is 1. The quantitative estimate of drug-likeness (QED) is 0.578. The summed E-state index contributed by atoms with van der Waals surface area (Å²) in [5.41, 5.74) is 2.39. The topological polar surface area (TPSA) is 36.4 Å². The number of hydrogen-bond acceptors (Lipinski definition) is 4. The zero-order chi connectivity index (χ0) is 20.3. The second kappa shape index (κ2) is 8.70. The van der Waals surface area contributed by atoms with Crippen LogP contribution in [0.5, 0.6) is 0 Å². The van der Waals surface area contributed by atoms with Gasteiger partial charge in [-0.05, 0) is 30.5 Å². The van der Waals surface area contributed by atoms with Crippen molar-refractivity contribution < 1.29 is 4.79 Å². The second-order valence-electron chi connectivity index (χ2n) is 8.26. The van der Waals surface area contributed by atoms with Crippen molar-refractivity contribution in [1.29, 1.82) is 0 Å². The van der Waals surface area contributed by atoms with Crippen LogP contribution in [0.2, 0.25) is 0 Å². The van der Waals surface area contributed by atoms with Gasteiger partial charge < -0.3 is 4.90 Å². The number of rotatable bonds is 4. The van der Waals surface area contributed by atoms with Gasteiger partial charge in [0, 0.05) is 38.6 Å². The van der Waals surface area contributed by atoms with E-state index in [0.29, 0.717) is 5.91 Å². The second-order valence-corrected chi connectivity index (χ2v) is 9.32. The first-order valence-electron chi connectivity index (χ1n) is 10.8. The number of fused-ring (bicyclic) bond motifs is 1. The lowest BCUT2D eigenvalue weighted by atomic mass is 9.82. The average molecular weight is 418 g/mol. The molecule has 0 unspecified atom stereocenters. The number of allylic oxidation sites excluding steroid dienone is 2. The van der Waals surface area contributed by atoms with E-state index >= 15 is 0 Å². The van der Waals surface area contributed by atoms with E-state index in [1.807, 2.05) is 6.07 Å². The Balaban J connectivity index is 1.26. The van der Waals surface area contributed by atoms with Gasteiger partial charge in [-0.2, -0.15) is 0 Å². The lowest BCUT2D eigenvalue weighted by Crippen LogP contribution is -2.50. The summed E-state index contributed by atoms with van der Waals surface area (Å²) in [4.78, 5) is 22.9.